The minimum atomic E-state index is 0.139. The lowest BCUT2D eigenvalue weighted by atomic mass is 10.2. The van der Waals surface area contributed by atoms with E-state index in [-0.39, 0.29) is 6.08 Å². The van der Waals surface area contributed by atoms with Crippen molar-refractivity contribution in [1.82, 2.24) is 10.1 Å². The van der Waals surface area contributed by atoms with Crippen LogP contribution in [0.4, 0.5) is 0 Å². The first-order valence-electron chi connectivity index (χ1n) is 5.54. The molecule has 0 unspecified atom stereocenters. The van der Waals surface area contributed by atoms with E-state index in [4.69, 9.17) is 9.26 Å². The highest BCUT2D eigenvalue weighted by atomic mass is 16.6. The van der Waals surface area contributed by atoms with Gasteiger partial charge in [0.1, 0.15) is 5.75 Å². The van der Waals surface area contributed by atoms with Gasteiger partial charge in [-0.15, -0.1) is 0 Å². The molecule has 0 saturated carbocycles. The maximum Gasteiger partial charge on any atom is 0.423 e. The summed E-state index contributed by atoms with van der Waals surface area (Å²) in [7, 11) is 0. The molecule has 4 nitrogen and oxygen atoms in total. The first-order chi connectivity index (χ1) is 8.92. The zero-order valence-electron chi connectivity index (χ0n) is 9.48. The van der Waals surface area contributed by atoms with E-state index in [0.717, 1.165) is 5.56 Å². The zero-order chi connectivity index (χ0) is 12.2. The van der Waals surface area contributed by atoms with E-state index in [1.165, 1.54) is 0 Å². The molecule has 0 fully saturated rings. The Morgan fingerprint density at radius 1 is 0.833 bits per heavy atom. The van der Waals surface area contributed by atoms with Crippen molar-refractivity contribution in [2.45, 2.75) is 0 Å². The lowest BCUT2D eigenvalue weighted by Gasteiger charge is -1.97. The van der Waals surface area contributed by atoms with Crippen LogP contribution in [0.15, 0.2) is 65.2 Å². The maximum absolute atomic E-state index is 5.44. The standard InChI is InChI=1S/C14H10N2O2/c1-3-7-11(8-4-1)13-15-14(18-16-13)17-12-9-5-2-6-10-12/h1-10H. The van der Waals surface area contributed by atoms with E-state index in [9.17, 15) is 0 Å². The Labute approximate surface area is 104 Å². The van der Waals surface area contributed by atoms with E-state index in [2.05, 4.69) is 10.1 Å². The van der Waals surface area contributed by atoms with Crippen LogP contribution in [-0.4, -0.2) is 10.1 Å². The summed E-state index contributed by atoms with van der Waals surface area (Å²) < 4.78 is 10.5. The van der Waals surface area contributed by atoms with Gasteiger partial charge in [0.05, 0.1) is 0 Å². The van der Waals surface area contributed by atoms with Crippen molar-refractivity contribution in [3.63, 3.8) is 0 Å². The van der Waals surface area contributed by atoms with Gasteiger partial charge in [0.2, 0.25) is 5.82 Å². The molecule has 4 heteroatoms. The van der Waals surface area contributed by atoms with Crippen LogP contribution >= 0.6 is 0 Å². The average Bonchev–Trinajstić information content (AvgIpc) is 2.89. The predicted molar refractivity (Wildman–Crippen MR) is 66.3 cm³/mol. The monoisotopic (exact) mass is 238 g/mol. The summed E-state index contributed by atoms with van der Waals surface area (Å²) in [5, 5.41) is 3.87. The lowest BCUT2D eigenvalue weighted by Crippen LogP contribution is -1.83. The molecule has 2 aromatic carbocycles. The van der Waals surface area contributed by atoms with Crippen molar-refractivity contribution < 1.29 is 9.26 Å². The Balaban J connectivity index is 1.82. The van der Waals surface area contributed by atoms with Gasteiger partial charge in [-0.25, -0.2) is 0 Å². The first-order valence-corrected chi connectivity index (χ1v) is 5.54. The van der Waals surface area contributed by atoms with E-state index < -0.39 is 0 Å². The highest BCUT2D eigenvalue weighted by Gasteiger charge is 2.09. The number of aromatic nitrogens is 2. The molecule has 0 saturated heterocycles. The van der Waals surface area contributed by atoms with Crippen LogP contribution in [0.3, 0.4) is 0 Å². The van der Waals surface area contributed by atoms with Gasteiger partial charge >= 0.3 is 6.08 Å². The molecule has 0 aliphatic heterocycles. The van der Waals surface area contributed by atoms with Gasteiger partial charge in [-0.2, -0.15) is 4.98 Å². The van der Waals surface area contributed by atoms with Crippen LogP contribution in [0, 0.1) is 0 Å². The van der Waals surface area contributed by atoms with E-state index in [1.54, 1.807) is 0 Å². The largest absolute Gasteiger partial charge is 0.423 e. The fourth-order valence-electron chi connectivity index (χ4n) is 1.54. The van der Waals surface area contributed by atoms with Gasteiger partial charge in [0, 0.05) is 5.56 Å². The van der Waals surface area contributed by atoms with Gasteiger partial charge in [-0.05, 0) is 12.1 Å². The van der Waals surface area contributed by atoms with Gasteiger partial charge in [0.15, 0.2) is 0 Å². The third kappa shape index (κ3) is 2.22. The molecule has 18 heavy (non-hydrogen) atoms. The number of hydrogen-bond donors (Lipinski definition) is 0. The summed E-state index contributed by atoms with van der Waals surface area (Å²) in [5.74, 6) is 1.18. The fourth-order valence-corrected chi connectivity index (χ4v) is 1.54. The molecule has 1 heterocycles. The van der Waals surface area contributed by atoms with E-state index >= 15 is 0 Å². The third-order valence-corrected chi connectivity index (χ3v) is 2.39. The number of benzene rings is 2. The Morgan fingerprint density at radius 2 is 1.50 bits per heavy atom. The number of hydrogen-bond acceptors (Lipinski definition) is 4. The SMILES string of the molecule is c1ccc(Oc2nc(-c3ccccc3)no2)cc1. The number of rotatable bonds is 3. The molecule has 0 spiro atoms. The van der Waals surface area contributed by atoms with Crippen LogP contribution < -0.4 is 4.74 Å². The highest BCUT2D eigenvalue weighted by Crippen LogP contribution is 2.22. The zero-order valence-corrected chi connectivity index (χ0v) is 9.48. The molecular formula is C14H10N2O2. The summed E-state index contributed by atoms with van der Waals surface area (Å²) in [4.78, 5) is 4.18. The molecule has 0 amide bonds. The second kappa shape index (κ2) is 4.71. The van der Waals surface area contributed by atoms with Crippen molar-refractivity contribution in [2.75, 3.05) is 0 Å². The van der Waals surface area contributed by atoms with Crippen LogP contribution in [0.25, 0.3) is 11.4 Å². The molecule has 88 valence electrons. The smallest absolute Gasteiger partial charge is 0.410 e. The Hall–Kier alpha value is -2.62. The maximum atomic E-state index is 5.44. The minimum absolute atomic E-state index is 0.139. The molecule has 0 bridgehead atoms. The van der Waals surface area contributed by atoms with Gasteiger partial charge in [0.25, 0.3) is 0 Å². The van der Waals surface area contributed by atoms with Crippen molar-refractivity contribution in [1.29, 1.82) is 0 Å². The van der Waals surface area contributed by atoms with Crippen molar-refractivity contribution >= 4 is 0 Å². The molecule has 1 aromatic heterocycles. The molecule has 0 aliphatic carbocycles. The normalized spacial score (nSPS) is 10.2. The molecule has 3 rings (SSSR count). The number of para-hydroxylation sites is 1. The van der Waals surface area contributed by atoms with Crippen molar-refractivity contribution in [3.8, 4) is 23.2 Å². The number of ether oxygens (including phenoxy) is 1. The summed E-state index contributed by atoms with van der Waals surface area (Å²) in [5.41, 5.74) is 0.893. The topological polar surface area (TPSA) is 48.2 Å². The van der Waals surface area contributed by atoms with Crippen LogP contribution in [-0.2, 0) is 0 Å². The van der Waals surface area contributed by atoms with Crippen LogP contribution in [0.5, 0.6) is 11.8 Å². The third-order valence-electron chi connectivity index (χ3n) is 2.39. The van der Waals surface area contributed by atoms with Crippen molar-refractivity contribution in [2.24, 2.45) is 0 Å². The first kappa shape index (κ1) is 10.5. The molecule has 0 N–H and O–H groups in total. The molecular weight excluding hydrogens is 228 g/mol. The Kier molecular flexibility index (Phi) is 2.75. The second-order valence-electron chi connectivity index (χ2n) is 3.67. The Bertz CT molecular complexity index is 621. The summed E-state index contributed by atoms with van der Waals surface area (Å²) in [6, 6.07) is 18.9. The number of nitrogens with zero attached hydrogens (tertiary/aromatic N) is 2. The molecule has 3 aromatic rings. The summed E-state index contributed by atoms with van der Waals surface area (Å²) >= 11 is 0. The summed E-state index contributed by atoms with van der Waals surface area (Å²) in [6.45, 7) is 0. The molecule has 0 atom stereocenters. The minimum Gasteiger partial charge on any atom is -0.410 e. The summed E-state index contributed by atoms with van der Waals surface area (Å²) in [6.07, 6.45) is 0.139. The Morgan fingerprint density at radius 3 is 2.22 bits per heavy atom. The quantitative estimate of drug-likeness (QED) is 0.700. The van der Waals surface area contributed by atoms with Gasteiger partial charge in [-0.1, -0.05) is 53.7 Å². The highest BCUT2D eigenvalue weighted by molar-refractivity contribution is 5.53. The van der Waals surface area contributed by atoms with E-state index in [1.807, 2.05) is 60.7 Å². The molecule has 0 radical (unpaired) electrons. The van der Waals surface area contributed by atoms with Crippen LogP contribution in [0.1, 0.15) is 0 Å². The predicted octanol–water partition coefficient (Wildman–Crippen LogP) is 3.53. The lowest BCUT2D eigenvalue weighted by molar-refractivity contribution is 0.281. The average molecular weight is 238 g/mol. The van der Waals surface area contributed by atoms with E-state index in [0.29, 0.717) is 11.6 Å². The second-order valence-corrected chi connectivity index (χ2v) is 3.67. The fraction of sp³-hybridized carbons (Fsp3) is 0. The van der Waals surface area contributed by atoms with Crippen molar-refractivity contribution in [3.05, 3.63) is 60.7 Å². The van der Waals surface area contributed by atoms with Gasteiger partial charge in [-0.3, -0.25) is 4.52 Å². The van der Waals surface area contributed by atoms with Gasteiger partial charge < -0.3 is 4.74 Å². The van der Waals surface area contributed by atoms with Crippen LogP contribution in [0.2, 0.25) is 0 Å². The molecule has 0 aliphatic rings.